The molecule has 1 saturated heterocycles. The number of nitrogens with one attached hydrogen (secondary N) is 1. The first kappa shape index (κ1) is 14.2. The fraction of sp³-hybridized carbons (Fsp3) is 0.538. The highest BCUT2D eigenvalue weighted by molar-refractivity contribution is 6.31. The Morgan fingerprint density at radius 2 is 2.32 bits per heavy atom. The van der Waals surface area contributed by atoms with Crippen LogP contribution in [0.15, 0.2) is 18.5 Å². The maximum Gasteiger partial charge on any atom is 0.239 e. The Bertz CT molecular complexity index is 436. The van der Waals surface area contributed by atoms with Gasteiger partial charge in [-0.05, 0) is 18.6 Å². The van der Waals surface area contributed by atoms with Gasteiger partial charge in [0.2, 0.25) is 5.91 Å². The number of hydrogen-bond donors (Lipinski definition) is 1. The minimum atomic E-state index is -0.234. The number of pyridine rings is 1. The second-order valence-corrected chi connectivity index (χ2v) is 4.91. The van der Waals surface area contributed by atoms with E-state index in [0.717, 1.165) is 5.56 Å². The molecule has 2 rings (SSSR count). The number of hydrogen-bond acceptors (Lipinski definition) is 4. The minimum absolute atomic E-state index is 0.105. The summed E-state index contributed by atoms with van der Waals surface area (Å²) in [5.74, 6) is 0.105. The molecule has 1 aromatic heterocycles. The Hall–Kier alpha value is -1.17. The quantitative estimate of drug-likeness (QED) is 0.898. The maximum atomic E-state index is 12.2. The van der Waals surface area contributed by atoms with E-state index in [9.17, 15) is 4.79 Å². The zero-order chi connectivity index (χ0) is 13.7. The number of ether oxygens (including phenoxy) is 1. The molecular weight excluding hydrogens is 266 g/mol. The molecule has 19 heavy (non-hydrogen) atoms. The van der Waals surface area contributed by atoms with Crippen molar-refractivity contribution in [2.75, 3.05) is 26.3 Å². The van der Waals surface area contributed by atoms with Gasteiger partial charge < -0.3 is 15.0 Å². The summed E-state index contributed by atoms with van der Waals surface area (Å²) in [7, 11) is 0. The van der Waals surface area contributed by atoms with E-state index in [2.05, 4.69) is 10.3 Å². The molecule has 1 aliphatic heterocycles. The molecular formula is C13H18ClN3O2. The molecule has 5 nitrogen and oxygen atoms in total. The first-order chi connectivity index (χ1) is 9.18. The first-order valence-corrected chi connectivity index (χ1v) is 6.74. The number of rotatable bonds is 4. The molecule has 6 heteroatoms. The Kier molecular flexibility index (Phi) is 5.13. The molecule has 0 aromatic carbocycles. The summed E-state index contributed by atoms with van der Waals surface area (Å²) in [6, 6.07) is 1.61. The summed E-state index contributed by atoms with van der Waals surface area (Å²) in [5.41, 5.74) is 0.943. The fourth-order valence-electron chi connectivity index (χ4n) is 1.96. The van der Waals surface area contributed by atoms with Crippen LogP contribution in [0.2, 0.25) is 5.02 Å². The van der Waals surface area contributed by atoms with Gasteiger partial charge in [-0.2, -0.15) is 0 Å². The molecule has 1 atom stereocenters. The summed E-state index contributed by atoms with van der Waals surface area (Å²) < 4.78 is 5.24. The number of carbonyl (C=O) groups is 1. The molecule has 1 N–H and O–H groups in total. The topological polar surface area (TPSA) is 54.5 Å². The Balaban J connectivity index is 1.85. The average molecular weight is 284 g/mol. The summed E-state index contributed by atoms with van der Waals surface area (Å²) in [6.45, 7) is 5.00. The molecule has 0 spiro atoms. The molecule has 0 aliphatic carbocycles. The number of carbonyl (C=O) groups excluding carboxylic acids is 1. The minimum Gasteiger partial charge on any atom is -0.378 e. The predicted octanol–water partition coefficient (Wildman–Crippen LogP) is 1.07. The Labute approximate surface area is 117 Å². The van der Waals surface area contributed by atoms with Gasteiger partial charge in [-0.25, -0.2) is 0 Å². The smallest absolute Gasteiger partial charge is 0.239 e. The Morgan fingerprint density at radius 1 is 1.58 bits per heavy atom. The molecule has 0 saturated carbocycles. The van der Waals surface area contributed by atoms with Crippen molar-refractivity contribution in [1.82, 2.24) is 15.2 Å². The zero-order valence-electron chi connectivity index (χ0n) is 10.9. The van der Waals surface area contributed by atoms with Crippen LogP contribution < -0.4 is 5.32 Å². The summed E-state index contributed by atoms with van der Waals surface area (Å²) in [5, 5.41) is 3.80. The van der Waals surface area contributed by atoms with Gasteiger partial charge in [-0.15, -0.1) is 0 Å². The van der Waals surface area contributed by atoms with Crippen molar-refractivity contribution in [2.24, 2.45) is 0 Å². The van der Waals surface area contributed by atoms with Gasteiger partial charge in [0, 0.05) is 32.0 Å². The summed E-state index contributed by atoms with van der Waals surface area (Å²) >= 11 is 6.02. The average Bonchev–Trinajstić information content (AvgIpc) is 2.46. The van der Waals surface area contributed by atoms with Crippen LogP contribution in [0, 0.1) is 0 Å². The first-order valence-electron chi connectivity index (χ1n) is 6.37. The number of morpholine rings is 1. The van der Waals surface area contributed by atoms with Crippen LogP contribution in [0.5, 0.6) is 0 Å². The largest absolute Gasteiger partial charge is 0.378 e. The SMILES string of the molecule is CC(NCc1ccncc1Cl)C(=O)N1CCOCC1. The highest BCUT2D eigenvalue weighted by Gasteiger charge is 2.21. The lowest BCUT2D eigenvalue weighted by atomic mass is 10.2. The van der Waals surface area contributed by atoms with E-state index in [1.807, 2.05) is 17.9 Å². The lowest BCUT2D eigenvalue weighted by molar-refractivity contribution is -0.137. The standard InChI is InChI=1S/C13H18ClN3O2/c1-10(13(18)17-4-6-19-7-5-17)16-8-11-2-3-15-9-12(11)14/h2-3,9-10,16H,4-8H2,1H3. The summed E-state index contributed by atoms with van der Waals surface area (Å²) in [6.07, 6.45) is 3.30. The molecule has 1 aromatic rings. The molecule has 1 unspecified atom stereocenters. The van der Waals surface area contributed by atoms with Crippen LogP contribution in [0.4, 0.5) is 0 Å². The lowest BCUT2D eigenvalue weighted by Crippen LogP contribution is -2.49. The van der Waals surface area contributed by atoms with Crippen molar-refractivity contribution in [2.45, 2.75) is 19.5 Å². The van der Waals surface area contributed by atoms with Gasteiger partial charge in [0.05, 0.1) is 24.3 Å². The maximum absolute atomic E-state index is 12.2. The van der Waals surface area contributed by atoms with Crippen molar-refractivity contribution in [3.05, 3.63) is 29.0 Å². The Morgan fingerprint density at radius 3 is 3.00 bits per heavy atom. The van der Waals surface area contributed by atoms with E-state index in [-0.39, 0.29) is 11.9 Å². The second kappa shape index (κ2) is 6.84. The van der Waals surface area contributed by atoms with E-state index in [4.69, 9.17) is 16.3 Å². The van der Waals surface area contributed by atoms with Crippen molar-refractivity contribution >= 4 is 17.5 Å². The van der Waals surface area contributed by atoms with Gasteiger partial charge in [0.1, 0.15) is 0 Å². The molecule has 1 aliphatic rings. The highest BCUT2D eigenvalue weighted by atomic mass is 35.5. The van der Waals surface area contributed by atoms with E-state index in [1.54, 1.807) is 12.4 Å². The molecule has 1 amide bonds. The monoisotopic (exact) mass is 283 g/mol. The highest BCUT2D eigenvalue weighted by Crippen LogP contribution is 2.13. The summed E-state index contributed by atoms with van der Waals surface area (Å²) in [4.78, 5) is 17.9. The fourth-order valence-corrected chi connectivity index (χ4v) is 2.14. The zero-order valence-corrected chi connectivity index (χ0v) is 11.7. The third-order valence-electron chi connectivity index (χ3n) is 3.15. The lowest BCUT2D eigenvalue weighted by Gasteiger charge is -2.29. The van der Waals surface area contributed by atoms with E-state index in [1.165, 1.54) is 0 Å². The predicted molar refractivity (Wildman–Crippen MR) is 72.9 cm³/mol. The number of aromatic nitrogens is 1. The van der Waals surface area contributed by atoms with Crippen LogP contribution in [-0.4, -0.2) is 48.1 Å². The molecule has 104 valence electrons. The van der Waals surface area contributed by atoms with Crippen molar-refractivity contribution in [3.8, 4) is 0 Å². The molecule has 2 heterocycles. The van der Waals surface area contributed by atoms with Gasteiger partial charge >= 0.3 is 0 Å². The van der Waals surface area contributed by atoms with Crippen molar-refractivity contribution in [3.63, 3.8) is 0 Å². The van der Waals surface area contributed by atoms with Crippen molar-refractivity contribution < 1.29 is 9.53 Å². The van der Waals surface area contributed by atoms with Crippen molar-refractivity contribution in [1.29, 1.82) is 0 Å². The second-order valence-electron chi connectivity index (χ2n) is 4.51. The number of amides is 1. The van der Waals surface area contributed by atoms with E-state index >= 15 is 0 Å². The molecule has 0 radical (unpaired) electrons. The number of nitrogens with zero attached hydrogens (tertiary/aromatic N) is 2. The van der Waals surface area contributed by atoms with Crippen LogP contribution in [0.3, 0.4) is 0 Å². The van der Waals surface area contributed by atoms with E-state index in [0.29, 0.717) is 37.9 Å². The third kappa shape index (κ3) is 3.89. The number of halogens is 1. The molecule has 1 fully saturated rings. The van der Waals surface area contributed by atoms with Gasteiger partial charge in [0.15, 0.2) is 0 Å². The normalized spacial score (nSPS) is 17.3. The van der Waals surface area contributed by atoms with Gasteiger partial charge in [-0.1, -0.05) is 11.6 Å². The van der Waals surface area contributed by atoms with Crippen LogP contribution in [0.25, 0.3) is 0 Å². The van der Waals surface area contributed by atoms with E-state index < -0.39 is 0 Å². The third-order valence-corrected chi connectivity index (χ3v) is 3.49. The van der Waals surface area contributed by atoms with Crippen LogP contribution in [-0.2, 0) is 16.1 Å². The van der Waals surface area contributed by atoms with Gasteiger partial charge in [-0.3, -0.25) is 9.78 Å². The van der Waals surface area contributed by atoms with Crippen LogP contribution in [0.1, 0.15) is 12.5 Å². The van der Waals surface area contributed by atoms with Gasteiger partial charge in [0.25, 0.3) is 0 Å². The molecule has 0 bridgehead atoms. The van der Waals surface area contributed by atoms with Crippen LogP contribution >= 0.6 is 11.6 Å².